The maximum atomic E-state index is 5.15. The highest BCUT2D eigenvalue weighted by Crippen LogP contribution is 2.33. The highest BCUT2D eigenvalue weighted by molar-refractivity contribution is 9.10. The van der Waals surface area contributed by atoms with Gasteiger partial charge in [0.25, 0.3) is 0 Å². The van der Waals surface area contributed by atoms with Gasteiger partial charge < -0.3 is 10.1 Å². The van der Waals surface area contributed by atoms with Crippen LogP contribution < -0.4 is 5.32 Å². The fraction of sp³-hybridized carbons (Fsp3) is 0.538. The largest absolute Gasteiger partial charge is 0.383 e. The van der Waals surface area contributed by atoms with Crippen molar-refractivity contribution >= 4 is 27.3 Å². The Bertz CT molecular complexity index is 581. The molecule has 0 aliphatic rings. The third kappa shape index (κ3) is 3.11. The minimum atomic E-state index is 0.0786. The van der Waals surface area contributed by atoms with Gasteiger partial charge in [-0.2, -0.15) is 5.10 Å². The quantitative estimate of drug-likeness (QED) is 0.862. The van der Waals surface area contributed by atoms with E-state index in [-0.39, 0.29) is 6.04 Å². The summed E-state index contributed by atoms with van der Waals surface area (Å²) < 4.78 is 8.12. The minimum Gasteiger partial charge on any atom is -0.383 e. The topological polar surface area (TPSA) is 52.0 Å². The molecule has 0 bridgehead atoms. The van der Waals surface area contributed by atoms with E-state index in [0.29, 0.717) is 6.61 Å². The van der Waals surface area contributed by atoms with Gasteiger partial charge in [-0.15, -0.1) is 11.3 Å². The van der Waals surface area contributed by atoms with Crippen LogP contribution in [0, 0.1) is 13.8 Å². The summed E-state index contributed by atoms with van der Waals surface area (Å²) in [5.41, 5.74) is 2.18. The monoisotopic (exact) mass is 358 g/mol. The van der Waals surface area contributed by atoms with Gasteiger partial charge in [0.15, 0.2) is 0 Å². The highest BCUT2D eigenvalue weighted by Gasteiger charge is 2.24. The Morgan fingerprint density at radius 3 is 2.80 bits per heavy atom. The Kier molecular flexibility index (Phi) is 5.31. The molecular formula is C13H19BrN4OS. The standard InChI is InChI=1S/C13H19BrN4OS/c1-8-13(20-9(2)17-8)11(15-3)12-10(14)7-16-18(12)5-6-19-4/h7,11,15H,5-6H2,1-4H3. The maximum absolute atomic E-state index is 5.15. The van der Waals surface area contributed by atoms with Crippen LogP contribution in [0.5, 0.6) is 0 Å². The molecule has 0 radical (unpaired) electrons. The van der Waals surface area contributed by atoms with E-state index < -0.39 is 0 Å². The zero-order valence-corrected chi connectivity index (χ0v) is 14.5. The summed E-state index contributed by atoms with van der Waals surface area (Å²) in [6.45, 7) is 5.45. The van der Waals surface area contributed by atoms with Crippen molar-refractivity contribution in [1.82, 2.24) is 20.1 Å². The van der Waals surface area contributed by atoms with E-state index in [1.54, 1.807) is 18.4 Å². The van der Waals surface area contributed by atoms with Crippen molar-refractivity contribution in [2.45, 2.75) is 26.4 Å². The summed E-state index contributed by atoms with van der Waals surface area (Å²) in [5.74, 6) is 0. The van der Waals surface area contributed by atoms with E-state index >= 15 is 0 Å². The maximum Gasteiger partial charge on any atom is 0.0900 e. The molecule has 1 atom stereocenters. The third-order valence-corrected chi connectivity index (χ3v) is 4.85. The van der Waals surface area contributed by atoms with Crippen molar-refractivity contribution in [1.29, 1.82) is 0 Å². The third-order valence-electron chi connectivity index (χ3n) is 3.10. The molecule has 0 aliphatic heterocycles. The molecule has 0 amide bonds. The minimum absolute atomic E-state index is 0.0786. The molecular weight excluding hydrogens is 340 g/mol. The number of methoxy groups -OCH3 is 1. The lowest BCUT2D eigenvalue weighted by Gasteiger charge is -2.18. The number of rotatable bonds is 6. The fourth-order valence-corrected chi connectivity index (χ4v) is 3.79. The van der Waals surface area contributed by atoms with Gasteiger partial charge in [-0.05, 0) is 36.8 Å². The zero-order chi connectivity index (χ0) is 14.7. The van der Waals surface area contributed by atoms with E-state index in [2.05, 4.69) is 31.3 Å². The summed E-state index contributed by atoms with van der Waals surface area (Å²) in [5, 5.41) is 8.87. The van der Waals surface area contributed by atoms with Gasteiger partial charge in [-0.1, -0.05) is 0 Å². The lowest BCUT2D eigenvalue weighted by atomic mass is 10.1. The van der Waals surface area contributed by atoms with E-state index in [4.69, 9.17) is 4.74 Å². The second-order valence-corrected chi connectivity index (χ2v) is 6.59. The van der Waals surface area contributed by atoms with Crippen molar-refractivity contribution in [2.75, 3.05) is 20.8 Å². The van der Waals surface area contributed by atoms with Gasteiger partial charge in [0.1, 0.15) is 0 Å². The molecule has 0 fully saturated rings. The Balaban J connectivity index is 2.41. The van der Waals surface area contributed by atoms with Crippen LogP contribution >= 0.6 is 27.3 Å². The molecule has 0 saturated heterocycles. The van der Waals surface area contributed by atoms with Gasteiger partial charge in [0.2, 0.25) is 0 Å². The predicted octanol–water partition coefficient (Wildman–Crippen LogP) is 2.67. The number of hydrogen-bond acceptors (Lipinski definition) is 5. The van der Waals surface area contributed by atoms with Crippen LogP contribution in [-0.4, -0.2) is 35.5 Å². The number of ether oxygens (including phenoxy) is 1. The molecule has 0 aromatic carbocycles. The molecule has 2 aromatic heterocycles. The van der Waals surface area contributed by atoms with Gasteiger partial charge in [0.05, 0.1) is 51.1 Å². The van der Waals surface area contributed by atoms with Crippen molar-refractivity contribution in [3.63, 3.8) is 0 Å². The van der Waals surface area contributed by atoms with E-state index in [1.807, 2.05) is 31.8 Å². The average Bonchev–Trinajstić information content (AvgIpc) is 2.93. The number of nitrogens with zero attached hydrogens (tertiary/aromatic N) is 3. The second-order valence-electron chi connectivity index (χ2n) is 4.50. The molecule has 5 nitrogen and oxygen atoms in total. The molecule has 110 valence electrons. The average molecular weight is 359 g/mol. The van der Waals surface area contributed by atoms with E-state index in [1.165, 1.54) is 4.88 Å². The van der Waals surface area contributed by atoms with E-state index in [9.17, 15) is 0 Å². The van der Waals surface area contributed by atoms with Crippen molar-refractivity contribution < 1.29 is 4.74 Å². The van der Waals surface area contributed by atoms with Crippen molar-refractivity contribution in [2.24, 2.45) is 0 Å². The normalized spacial score (nSPS) is 12.8. The van der Waals surface area contributed by atoms with Gasteiger partial charge in [-0.25, -0.2) is 4.98 Å². The Morgan fingerprint density at radius 1 is 1.50 bits per heavy atom. The summed E-state index contributed by atoms with van der Waals surface area (Å²) in [6.07, 6.45) is 1.83. The summed E-state index contributed by atoms with van der Waals surface area (Å²) in [7, 11) is 3.66. The smallest absolute Gasteiger partial charge is 0.0900 e. The van der Waals surface area contributed by atoms with Crippen LogP contribution in [0.4, 0.5) is 0 Å². The lowest BCUT2D eigenvalue weighted by Crippen LogP contribution is -2.23. The molecule has 2 heterocycles. The van der Waals surface area contributed by atoms with Crippen LogP contribution in [0.1, 0.15) is 27.3 Å². The van der Waals surface area contributed by atoms with E-state index in [0.717, 1.165) is 27.4 Å². The Labute approximate surface area is 131 Å². The first-order valence-electron chi connectivity index (χ1n) is 6.39. The molecule has 7 heteroatoms. The van der Waals surface area contributed by atoms with Crippen LogP contribution in [0.15, 0.2) is 10.7 Å². The number of aryl methyl sites for hydroxylation is 2. The van der Waals surface area contributed by atoms with Crippen LogP contribution in [0.2, 0.25) is 0 Å². The van der Waals surface area contributed by atoms with Gasteiger partial charge in [0, 0.05) is 7.11 Å². The molecule has 2 aromatic rings. The summed E-state index contributed by atoms with van der Waals surface area (Å²) >= 11 is 5.32. The first-order valence-corrected chi connectivity index (χ1v) is 8.00. The number of aromatic nitrogens is 3. The van der Waals surface area contributed by atoms with Gasteiger partial charge in [-0.3, -0.25) is 4.68 Å². The molecule has 2 rings (SSSR count). The number of nitrogens with one attached hydrogen (secondary N) is 1. The molecule has 0 saturated carbocycles. The van der Waals surface area contributed by atoms with Gasteiger partial charge >= 0.3 is 0 Å². The van der Waals surface area contributed by atoms with Crippen molar-refractivity contribution in [3.05, 3.63) is 31.9 Å². The Hall–Kier alpha value is -0.760. The van der Waals surface area contributed by atoms with Crippen molar-refractivity contribution in [3.8, 4) is 0 Å². The number of thiazole rings is 1. The first kappa shape index (κ1) is 15.6. The first-order chi connectivity index (χ1) is 9.58. The summed E-state index contributed by atoms with van der Waals surface area (Å²) in [6, 6.07) is 0.0786. The van der Waals surface area contributed by atoms with Crippen LogP contribution in [0.25, 0.3) is 0 Å². The number of halogens is 1. The molecule has 0 spiro atoms. The molecule has 0 aliphatic carbocycles. The molecule has 20 heavy (non-hydrogen) atoms. The lowest BCUT2D eigenvalue weighted by molar-refractivity contribution is 0.182. The zero-order valence-electron chi connectivity index (χ0n) is 12.1. The predicted molar refractivity (Wildman–Crippen MR) is 84.3 cm³/mol. The molecule has 1 unspecified atom stereocenters. The highest BCUT2D eigenvalue weighted by atomic mass is 79.9. The molecule has 1 N–H and O–H groups in total. The SMILES string of the molecule is CNC(c1sc(C)nc1C)c1c(Br)cnn1CCOC. The Morgan fingerprint density at radius 2 is 2.25 bits per heavy atom. The van der Waals surface area contributed by atoms with Crippen LogP contribution in [-0.2, 0) is 11.3 Å². The summed E-state index contributed by atoms with van der Waals surface area (Å²) in [4.78, 5) is 5.75. The van der Waals surface area contributed by atoms with Crippen LogP contribution in [0.3, 0.4) is 0 Å². The number of hydrogen-bond donors (Lipinski definition) is 1. The fourth-order valence-electron chi connectivity index (χ4n) is 2.22. The second kappa shape index (κ2) is 6.80.